The standard InChI is InChI=1S/C34H34N4OS/c1-25-19-21-29(22-20-25)33-36-37-34(38(33)31-17-10-9-12-26(31)2)40-23-11-18-32(39)35-30(28-15-7-4-8-16-28)24-27-13-5-3-6-14-27/h3-10,12-17,19-22,30H,11,18,23-24H2,1-2H3,(H,35,39). The van der Waals surface area contributed by atoms with Gasteiger partial charge in [-0.25, -0.2) is 0 Å². The van der Waals surface area contributed by atoms with E-state index in [-0.39, 0.29) is 11.9 Å². The van der Waals surface area contributed by atoms with E-state index in [1.165, 1.54) is 11.1 Å². The van der Waals surface area contributed by atoms with E-state index in [0.717, 1.165) is 52.0 Å². The SMILES string of the molecule is Cc1ccc(-c2nnc(SCCCC(=O)NC(Cc3ccccc3)c3ccccc3)n2-c2ccccc2C)cc1. The number of aryl methyl sites for hydroxylation is 2. The molecule has 0 saturated heterocycles. The third kappa shape index (κ3) is 6.88. The average molecular weight is 547 g/mol. The number of thioether (sulfide) groups is 1. The molecular weight excluding hydrogens is 512 g/mol. The number of hydrogen-bond acceptors (Lipinski definition) is 4. The molecule has 0 saturated carbocycles. The normalized spacial score (nSPS) is 11.8. The van der Waals surface area contributed by atoms with Crippen LogP contribution in [0.3, 0.4) is 0 Å². The Balaban J connectivity index is 1.25. The topological polar surface area (TPSA) is 59.8 Å². The van der Waals surface area contributed by atoms with Crippen molar-refractivity contribution in [3.8, 4) is 17.1 Å². The zero-order valence-corrected chi connectivity index (χ0v) is 23.8. The quantitative estimate of drug-likeness (QED) is 0.137. The molecule has 6 heteroatoms. The van der Waals surface area contributed by atoms with E-state index >= 15 is 0 Å². The highest BCUT2D eigenvalue weighted by atomic mass is 32.2. The maximum atomic E-state index is 13.0. The van der Waals surface area contributed by atoms with Crippen molar-refractivity contribution >= 4 is 17.7 Å². The lowest BCUT2D eigenvalue weighted by Gasteiger charge is -2.19. The number of benzene rings is 4. The number of carbonyl (C=O) groups excluding carboxylic acids is 1. The molecule has 0 aliphatic rings. The lowest BCUT2D eigenvalue weighted by molar-refractivity contribution is -0.121. The van der Waals surface area contributed by atoms with Crippen LogP contribution in [0.25, 0.3) is 17.1 Å². The van der Waals surface area contributed by atoms with Crippen molar-refractivity contribution in [3.05, 3.63) is 131 Å². The molecule has 0 spiro atoms. The predicted octanol–water partition coefficient (Wildman–Crippen LogP) is 7.52. The Morgan fingerprint density at radius 3 is 2.23 bits per heavy atom. The van der Waals surface area contributed by atoms with Crippen LogP contribution < -0.4 is 5.32 Å². The van der Waals surface area contributed by atoms with Gasteiger partial charge < -0.3 is 5.32 Å². The molecule has 1 N–H and O–H groups in total. The number of rotatable bonds is 11. The molecule has 4 aromatic carbocycles. The summed E-state index contributed by atoms with van der Waals surface area (Å²) in [5.41, 5.74) is 6.77. The highest BCUT2D eigenvalue weighted by molar-refractivity contribution is 7.99. The summed E-state index contributed by atoms with van der Waals surface area (Å²) < 4.78 is 2.13. The minimum atomic E-state index is -0.0648. The number of para-hydroxylation sites is 1. The van der Waals surface area contributed by atoms with Gasteiger partial charge in [0.05, 0.1) is 11.7 Å². The first kappa shape index (κ1) is 27.4. The van der Waals surface area contributed by atoms with Gasteiger partial charge in [0.2, 0.25) is 5.91 Å². The van der Waals surface area contributed by atoms with Crippen LogP contribution >= 0.6 is 11.8 Å². The van der Waals surface area contributed by atoms with Gasteiger partial charge in [-0.3, -0.25) is 9.36 Å². The molecule has 0 bridgehead atoms. The maximum Gasteiger partial charge on any atom is 0.220 e. The number of nitrogens with zero attached hydrogens (tertiary/aromatic N) is 3. The van der Waals surface area contributed by atoms with E-state index in [1.54, 1.807) is 11.8 Å². The fourth-order valence-electron chi connectivity index (χ4n) is 4.73. The minimum absolute atomic E-state index is 0.0612. The van der Waals surface area contributed by atoms with Gasteiger partial charge in [-0.2, -0.15) is 0 Å². The van der Waals surface area contributed by atoms with Crippen molar-refractivity contribution in [1.29, 1.82) is 0 Å². The summed E-state index contributed by atoms with van der Waals surface area (Å²) in [4.78, 5) is 13.0. The molecule has 0 radical (unpaired) electrons. The van der Waals surface area contributed by atoms with Gasteiger partial charge in [-0.05, 0) is 49.4 Å². The Morgan fingerprint density at radius 1 is 0.825 bits per heavy atom. The molecule has 1 atom stereocenters. The van der Waals surface area contributed by atoms with Crippen molar-refractivity contribution in [2.24, 2.45) is 0 Å². The predicted molar refractivity (Wildman–Crippen MR) is 164 cm³/mol. The second-order valence-electron chi connectivity index (χ2n) is 9.97. The molecular formula is C34H34N4OS. The van der Waals surface area contributed by atoms with E-state index < -0.39 is 0 Å². The van der Waals surface area contributed by atoms with Crippen molar-refractivity contribution in [3.63, 3.8) is 0 Å². The first-order valence-electron chi connectivity index (χ1n) is 13.7. The molecule has 0 aliphatic carbocycles. The molecule has 5 aromatic rings. The summed E-state index contributed by atoms with van der Waals surface area (Å²) >= 11 is 1.64. The Bertz CT molecular complexity index is 1530. The number of aromatic nitrogens is 3. The summed E-state index contributed by atoms with van der Waals surface area (Å²) in [6, 6.07) is 37.1. The Kier molecular flexibility index (Phi) is 9.09. The molecule has 1 aromatic heterocycles. The van der Waals surface area contributed by atoms with Crippen molar-refractivity contribution < 1.29 is 4.79 Å². The van der Waals surface area contributed by atoms with E-state index in [0.29, 0.717) is 6.42 Å². The molecule has 202 valence electrons. The van der Waals surface area contributed by atoms with Gasteiger partial charge in [0.1, 0.15) is 0 Å². The number of hydrogen-bond donors (Lipinski definition) is 1. The van der Waals surface area contributed by atoms with Crippen LogP contribution in [0.1, 0.15) is 41.1 Å². The fraction of sp³-hybridized carbons (Fsp3) is 0.206. The van der Waals surface area contributed by atoms with Gasteiger partial charge >= 0.3 is 0 Å². The van der Waals surface area contributed by atoms with Crippen molar-refractivity contribution in [2.75, 3.05) is 5.75 Å². The zero-order valence-electron chi connectivity index (χ0n) is 23.0. The second-order valence-corrected chi connectivity index (χ2v) is 11.0. The molecule has 0 aliphatic heterocycles. The summed E-state index contributed by atoms with van der Waals surface area (Å²) in [6.07, 6.45) is 1.95. The lowest BCUT2D eigenvalue weighted by atomic mass is 9.98. The molecule has 0 fully saturated rings. The summed E-state index contributed by atoms with van der Waals surface area (Å²) in [5, 5.41) is 13.2. The van der Waals surface area contributed by atoms with Gasteiger partial charge in [0.15, 0.2) is 11.0 Å². The molecule has 1 heterocycles. The Hall–Kier alpha value is -4.16. The maximum absolute atomic E-state index is 13.0. The van der Waals surface area contributed by atoms with E-state index in [4.69, 9.17) is 0 Å². The van der Waals surface area contributed by atoms with Crippen LogP contribution in [0.5, 0.6) is 0 Å². The van der Waals surface area contributed by atoms with Crippen LogP contribution in [0.2, 0.25) is 0 Å². The van der Waals surface area contributed by atoms with E-state index in [1.807, 2.05) is 48.5 Å². The first-order valence-corrected chi connectivity index (χ1v) is 14.7. The molecule has 40 heavy (non-hydrogen) atoms. The zero-order chi connectivity index (χ0) is 27.7. The van der Waals surface area contributed by atoms with Gasteiger partial charge in [0.25, 0.3) is 0 Å². The highest BCUT2D eigenvalue weighted by Crippen LogP contribution is 2.30. The number of carbonyl (C=O) groups is 1. The van der Waals surface area contributed by atoms with Crippen molar-refractivity contribution in [1.82, 2.24) is 20.1 Å². The third-order valence-corrected chi connectivity index (χ3v) is 7.91. The Morgan fingerprint density at radius 2 is 1.50 bits per heavy atom. The monoisotopic (exact) mass is 546 g/mol. The molecule has 1 unspecified atom stereocenters. The lowest BCUT2D eigenvalue weighted by Crippen LogP contribution is -2.29. The van der Waals surface area contributed by atoms with Crippen molar-refractivity contribution in [2.45, 2.75) is 44.3 Å². The third-order valence-electron chi connectivity index (χ3n) is 6.90. The van der Waals surface area contributed by atoms with Crippen LogP contribution in [0.4, 0.5) is 0 Å². The summed E-state index contributed by atoms with van der Waals surface area (Å²) in [7, 11) is 0. The fourth-order valence-corrected chi connectivity index (χ4v) is 5.62. The number of nitrogens with one attached hydrogen (secondary N) is 1. The smallest absolute Gasteiger partial charge is 0.220 e. The molecule has 5 rings (SSSR count). The average Bonchev–Trinajstić information content (AvgIpc) is 3.40. The summed E-state index contributed by atoms with van der Waals surface area (Å²) in [6.45, 7) is 4.18. The van der Waals surface area contributed by atoms with Crippen LogP contribution in [-0.4, -0.2) is 26.4 Å². The largest absolute Gasteiger partial charge is 0.349 e. The van der Waals surface area contributed by atoms with E-state index in [2.05, 4.69) is 94.6 Å². The first-order chi connectivity index (χ1) is 19.6. The van der Waals surface area contributed by atoms with Crippen LogP contribution in [0, 0.1) is 13.8 Å². The molecule has 5 nitrogen and oxygen atoms in total. The van der Waals surface area contributed by atoms with Gasteiger partial charge in [-0.1, -0.05) is 120 Å². The van der Waals surface area contributed by atoms with E-state index in [9.17, 15) is 4.79 Å². The van der Waals surface area contributed by atoms with Gasteiger partial charge in [-0.15, -0.1) is 10.2 Å². The number of amides is 1. The Labute approximate surface area is 240 Å². The summed E-state index contributed by atoms with van der Waals surface area (Å²) in [5.74, 6) is 1.65. The molecule has 1 amide bonds. The highest BCUT2D eigenvalue weighted by Gasteiger charge is 2.18. The second kappa shape index (κ2) is 13.3. The minimum Gasteiger partial charge on any atom is -0.349 e. The van der Waals surface area contributed by atoms with Crippen LogP contribution in [0.15, 0.2) is 114 Å². The van der Waals surface area contributed by atoms with Crippen LogP contribution in [-0.2, 0) is 11.2 Å². The van der Waals surface area contributed by atoms with Gasteiger partial charge in [0, 0.05) is 17.7 Å².